The van der Waals surface area contributed by atoms with Crippen LogP contribution in [0.3, 0.4) is 0 Å². The van der Waals surface area contributed by atoms with E-state index in [2.05, 4.69) is 11.8 Å². The molecule has 1 fully saturated rings. The molecule has 34 heavy (non-hydrogen) atoms. The minimum Gasteiger partial charge on any atom is -0.459 e. The van der Waals surface area contributed by atoms with Crippen molar-refractivity contribution in [3.05, 3.63) is 56.7 Å². The van der Waals surface area contributed by atoms with Crippen LogP contribution in [0.15, 0.2) is 39.9 Å². The van der Waals surface area contributed by atoms with E-state index in [4.69, 9.17) is 9.72 Å². The molecule has 1 aliphatic carbocycles. The first-order valence-corrected chi connectivity index (χ1v) is 12.1. The fourth-order valence-corrected chi connectivity index (χ4v) is 5.30. The molecule has 5 rings (SSSR count). The molecule has 1 aliphatic heterocycles. The number of fused-ring (bicyclic) bond motifs is 3. The predicted molar refractivity (Wildman–Crippen MR) is 129 cm³/mol. The Morgan fingerprint density at radius 2 is 1.82 bits per heavy atom. The van der Waals surface area contributed by atoms with Gasteiger partial charge in [-0.3, -0.25) is 14.2 Å². The largest absolute Gasteiger partial charge is 0.459 e. The number of imidazole rings is 1. The van der Waals surface area contributed by atoms with Crippen LogP contribution in [0.2, 0.25) is 0 Å². The normalized spacial score (nSPS) is 18.8. The SMILES string of the molecule is CC1CN(C2CCCCC2)c2nc3c(c(=O)n(CC(=O)OCc4ccccc4)c(=O)n3C)n2C1. The van der Waals surface area contributed by atoms with Crippen LogP contribution in [-0.2, 0) is 36.3 Å². The summed E-state index contributed by atoms with van der Waals surface area (Å²) in [6, 6.07) is 9.70. The van der Waals surface area contributed by atoms with Gasteiger partial charge in [-0.15, -0.1) is 0 Å². The predicted octanol–water partition coefficient (Wildman–Crippen LogP) is 2.43. The van der Waals surface area contributed by atoms with Crippen molar-refractivity contribution in [1.82, 2.24) is 18.7 Å². The molecule has 0 amide bonds. The number of ether oxygens (including phenoxy) is 1. The number of carbonyl (C=O) groups is 1. The molecule has 1 aromatic carbocycles. The first-order valence-electron chi connectivity index (χ1n) is 12.1. The Balaban J connectivity index is 1.50. The highest BCUT2D eigenvalue weighted by Gasteiger charge is 2.33. The van der Waals surface area contributed by atoms with E-state index in [0.717, 1.165) is 35.5 Å². The van der Waals surface area contributed by atoms with Crippen molar-refractivity contribution >= 4 is 23.1 Å². The second-order valence-corrected chi connectivity index (χ2v) is 9.62. The van der Waals surface area contributed by atoms with Crippen molar-refractivity contribution in [3.8, 4) is 0 Å². The molecule has 0 N–H and O–H groups in total. The number of nitrogens with zero attached hydrogens (tertiary/aromatic N) is 5. The summed E-state index contributed by atoms with van der Waals surface area (Å²) in [6.45, 7) is 3.37. The maximum absolute atomic E-state index is 13.5. The fraction of sp³-hybridized carbons (Fsp3) is 0.520. The Morgan fingerprint density at radius 1 is 1.09 bits per heavy atom. The molecule has 2 aromatic heterocycles. The second kappa shape index (κ2) is 9.12. The number of hydrogen-bond acceptors (Lipinski definition) is 6. The number of anilines is 1. The average molecular weight is 466 g/mol. The number of esters is 1. The maximum atomic E-state index is 13.5. The number of carbonyl (C=O) groups excluding carboxylic acids is 1. The van der Waals surface area contributed by atoms with Gasteiger partial charge < -0.3 is 14.2 Å². The lowest BCUT2D eigenvalue weighted by Gasteiger charge is -2.40. The molecule has 1 saturated carbocycles. The number of aryl methyl sites for hydroxylation is 1. The van der Waals surface area contributed by atoms with Gasteiger partial charge in [0.1, 0.15) is 13.2 Å². The van der Waals surface area contributed by atoms with E-state index >= 15 is 0 Å². The molecule has 9 heteroatoms. The third-order valence-corrected chi connectivity index (χ3v) is 7.02. The highest BCUT2D eigenvalue weighted by molar-refractivity contribution is 5.76. The Kier molecular flexibility index (Phi) is 6.02. The van der Waals surface area contributed by atoms with Crippen molar-refractivity contribution in [2.75, 3.05) is 11.4 Å². The van der Waals surface area contributed by atoms with Gasteiger partial charge in [-0.1, -0.05) is 56.5 Å². The lowest BCUT2D eigenvalue weighted by atomic mass is 9.93. The lowest BCUT2D eigenvalue weighted by Crippen LogP contribution is -2.45. The van der Waals surface area contributed by atoms with E-state index in [-0.39, 0.29) is 6.61 Å². The Bertz CT molecular complexity index is 1320. The third kappa shape index (κ3) is 4.03. The fourth-order valence-electron chi connectivity index (χ4n) is 5.30. The summed E-state index contributed by atoms with van der Waals surface area (Å²) in [6.07, 6.45) is 5.90. The molecule has 1 unspecified atom stereocenters. The summed E-state index contributed by atoms with van der Waals surface area (Å²) in [7, 11) is 1.60. The van der Waals surface area contributed by atoms with Crippen LogP contribution in [0.4, 0.5) is 5.95 Å². The molecule has 0 radical (unpaired) electrons. The smallest absolute Gasteiger partial charge is 0.333 e. The van der Waals surface area contributed by atoms with Crippen molar-refractivity contribution in [1.29, 1.82) is 0 Å². The van der Waals surface area contributed by atoms with E-state index in [1.54, 1.807) is 7.05 Å². The number of aromatic nitrogens is 4. The van der Waals surface area contributed by atoms with Gasteiger partial charge in [0.25, 0.3) is 5.56 Å². The van der Waals surface area contributed by atoms with E-state index < -0.39 is 23.8 Å². The van der Waals surface area contributed by atoms with E-state index in [1.807, 2.05) is 34.9 Å². The standard InChI is InChI=1S/C25H31N5O4/c1-17-13-28(19-11-7-4-8-12-19)24-26-22-21(29(24)14-17)23(32)30(25(33)27(22)2)15-20(31)34-16-18-9-5-3-6-10-18/h3,5-6,9-10,17,19H,4,7-8,11-16H2,1-2H3. The van der Waals surface area contributed by atoms with E-state index in [1.165, 1.54) is 23.8 Å². The molecular formula is C25H31N5O4. The van der Waals surface area contributed by atoms with Crippen LogP contribution in [0.25, 0.3) is 11.2 Å². The van der Waals surface area contributed by atoms with Gasteiger partial charge in [-0.25, -0.2) is 9.36 Å². The number of benzene rings is 1. The first-order chi connectivity index (χ1) is 16.4. The monoisotopic (exact) mass is 465 g/mol. The van der Waals surface area contributed by atoms with Crippen molar-refractivity contribution < 1.29 is 9.53 Å². The summed E-state index contributed by atoms with van der Waals surface area (Å²) < 4.78 is 9.61. The highest BCUT2D eigenvalue weighted by atomic mass is 16.5. The van der Waals surface area contributed by atoms with Crippen LogP contribution in [0.5, 0.6) is 0 Å². The van der Waals surface area contributed by atoms with Crippen molar-refractivity contribution in [3.63, 3.8) is 0 Å². The first kappa shape index (κ1) is 22.4. The van der Waals surface area contributed by atoms with Crippen LogP contribution in [0, 0.1) is 5.92 Å². The minimum atomic E-state index is -0.627. The number of hydrogen-bond donors (Lipinski definition) is 0. The van der Waals surface area contributed by atoms with Crippen LogP contribution in [-0.4, -0.2) is 37.2 Å². The Morgan fingerprint density at radius 3 is 2.56 bits per heavy atom. The van der Waals surface area contributed by atoms with Crippen LogP contribution in [0.1, 0.15) is 44.6 Å². The number of rotatable bonds is 5. The van der Waals surface area contributed by atoms with Gasteiger partial charge in [0, 0.05) is 26.2 Å². The molecule has 0 spiro atoms. The molecule has 180 valence electrons. The average Bonchev–Trinajstić information content (AvgIpc) is 3.24. The van der Waals surface area contributed by atoms with Crippen LogP contribution < -0.4 is 16.1 Å². The van der Waals surface area contributed by atoms with Gasteiger partial charge in [0.05, 0.1) is 0 Å². The molecule has 0 saturated heterocycles. The Hall–Kier alpha value is -3.36. The molecule has 3 aromatic rings. The zero-order valence-corrected chi connectivity index (χ0v) is 19.8. The van der Waals surface area contributed by atoms with Gasteiger partial charge in [-0.2, -0.15) is 4.98 Å². The summed E-state index contributed by atoms with van der Waals surface area (Å²) in [5.74, 6) is 0.474. The molecule has 2 aliphatic rings. The van der Waals surface area contributed by atoms with Gasteiger partial charge in [-0.05, 0) is 24.3 Å². The summed E-state index contributed by atoms with van der Waals surface area (Å²) in [5.41, 5.74) is 0.524. The molecule has 0 bridgehead atoms. The van der Waals surface area contributed by atoms with Gasteiger partial charge >= 0.3 is 11.7 Å². The molecule has 3 heterocycles. The van der Waals surface area contributed by atoms with Crippen molar-refractivity contribution in [2.24, 2.45) is 13.0 Å². The molecular weight excluding hydrogens is 434 g/mol. The van der Waals surface area contributed by atoms with Gasteiger partial charge in [0.15, 0.2) is 11.2 Å². The molecule has 1 atom stereocenters. The summed E-state index contributed by atoms with van der Waals surface area (Å²) in [4.78, 5) is 46.2. The zero-order valence-electron chi connectivity index (χ0n) is 19.8. The zero-order chi connectivity index (χ0) is 23.8. The highest BCUT2D eigenvalue weighted by Crippen LogP contribution is 2.32. The Labute approximate surface area is 197 Å². The van der Waals surface area contributed by atoms with E-state index in [9.17, 15) is 14.4 Å². The summed E-state index contributed by atoms with van der Waals surface area (Å²) >= 11 is 0. The quantitative estimate of drug-likeness (QED) is 0.538. The third-order valence-electron chi connectivity index (χ3n) is 7.02. The maximum Gasteiger partial charge on any atom is 0.333 e. The van der Waals surface area contributed by atoms with E-state index in [0.29, 0.717) is 29.7 Å². The topological polar surface area (TPSA) is 91.4 Å². The summed E-state index contributed by atoms with van der Waals surface area (Å²) in [5, 5.41) is 0. The van der Waals surface area contributed by atoms with Crippen molar-refractivity contribution in [2.45, 2.75) is 64.8 Å². The van der Waals surface area contributed by atoms with Gasteiger partial charge in [0.2, 0.25) is 5.95 Å². The molecule has 9 nitrogen and oxygen atoms in total. The van der Waals surface area contributed by atoms with Crippen LogP contribution >= 0.6 is 0 Å². The minimum absolute atomic E-state index is 0.0902. The lowest BCUT2D eigenvalue weighted by molar-refractivity contribution is -0.145. The second-order valence-electron chi connectivity index (χ2n) is 9.62.